The Hall–Kier alpha value is -2.50. The van der Waals surface area contributed by atoms with Crippen LogP contribution in [0, 0.1) is 0 Å². The summed E-state index contributed by atoms with van der Waals surface area (Å²) >= 11 is 0. The van der Waals surface area contributed by atoms with Crippen molar-refractivity contribution < 1.29 is 23.9 Å². The third-order valence-electron chi connectivity index (χ3n) is 2.23. The quantitative estimate of drug-likeness (QED) is 0.348. The van der Waals surface area contributed by atoms with E-state index in [0.717, 1.165) is 0 Å². The van der Waals surface area contributed by atoms with Gasteiger partial charge in [-0.05, 0) is 12.1 Å². The van der Waals surface area contributed by atoms with Crippen LogP contribution < -0.4 is 4.74 Å². The molecule has 0 N–H and O–H groups in total. The third kappa shape index (κ3) is 1.01. The summed E-state index contributed by atoms with van der Waals surface area (Å²) in [5.74, 6) is -2.89. The molecule has 0 spiro atoms. The summed E-state index contributed by atoms with van der Waals surface area (Å²) in [6.45, 7) is 0. The SMILES string of the molecule is O=C1OC2=NC(=O)c3cccc(c32)OC1=O. The molecule has 0 saturated heterocycles. The summed E-state index contributed by atoms with van der Waals surface area (Å²) in [4.78, 5) is 37.1. The number of hydrogen-bond acceptors (Lipinski definition) is 5. The molecule has 2 aliphatic heterocycles. The lowest BCUT2D eigenvalue weighted by atomic mass is 10.1. The second-order valence-electron chi connectivity index (χ2n) is 3.18. The summed E-state index contributed by atoms with van der Waals surface area (Å²) in [7, 11) is 0. The van der Waals surface area contributed by atoms with Crippen LogP contribution in [0.4, 0.5) is 0 Å². The van der Waals surface area contributed by atoms with Gasteiger partial charge in [0.25, 0.3) is 5.91 Å². The van der Waals surface area contributed by atoms with Crippen LogP contribution in [-0.2, 0) is 14.3 Å². The topological polar surface area (TPSA) is 82.0 Å². The fraction of sp³-hybridized carbons (Fsp3) is 0. The number of esters is 2. The zero-order valence-electron chi connectivity index (χ0n) is 7.72. The lowest BCUT2D eigenvalue weighted by Crippen LogP contribution is -2.21. The van der Waals surface area contributed by atoms with Crippen molar-refractivity contribution in [1.82, 2.24) is 0 Å². The number of ether oxygens (including phenoxy) is 2. The van der Waals surface area contributed by atoms with Crippen molar-refractivity contribution in [3.8, 4) is 5.75 Å². The van der Waals surface area contributed by atoms with Crippen LogP contribution in [0.3, 0.4) is 0 Å². The molecule has 3 rings (SSSR count). The molecule has 0 aliphatic carbocycles. The fourth-order valence-electron chi connectivity index (χ4n) is 1.57. The highest BCUT2D eigenvalue weighted by Gasteiger charge is 2.36. The number of hydrogen-bond donors (Lipinski definition) is 0. The first-order valence-electron chi connectivity index (χ1n) is 4.37. The molecule has 2 heterocycles. The van der Waals surface area contributed by atoms with Crippen molar-refractivity contribution >= 4 is 23.7 Å². The highest BCUT2D eigenvalue weighted by molar-refractivity contribution is 6.36. The molecule has 0 saturated carbocycles. The lowest BCUT2D eigenvalue weighted by Gasteiger charge is -2.01. The number of aliphatic imine (C=N–C) groups is 1. The maximum Gasteiger partial charge on any atom is 0.424 e. The Morgan fingerprint density at radius 1 is 1.00 bits per heavy atom. The van der Waals surface area contributed by atoms with Crippen molar-refractivity contribution in [3.05, 3.63) is 29.3 Å². The van der Waals surface area contributed by atoms with Gasteiger partial charge < -0.3 is 9.47 Å². The molecule has 0 fully saturated rings. The number of nitrogens with zero attached hydrogens (tertiary/aromatic N) is 1. The van der Waals surface area contributed by atoms with E-state index in [0.29, 0.717) is 0 Å². The molecule has 1 aromatic carbocycles. The van der Waals surface area contributed by atoms with Crippen molar-refractivity contribution in [1.29, 1.82) is 0 Å². The van der Waals surface area contributed by atoms with E-state index in [1.54, 1.807) is 0 Å². The Morgan fingerprint density at radius 2 is 1.75 bits per heavy atom. The summed E-state index contributed by atoms with van der Waals surface area (Å²) in [6, 6.07) is 4.52. The molecule has 0 aromatic heterocycles. The predicted molar refractivity (Wildman–Crippen MR) is 49.0 cm³/mol. The molecule has 1 amide bonds. The second-order valence-corrected chi connectivity index (χ2v) is 3.18. The van der Waals surface area contributed by atoms with Gasteiger partial charge >= 0.3 is 11.9 Å². The van der Waals surface area contributed by atoms with Gasteiger partial charge in [-0.1, -0.05) is 6.07 Å². The van der Waals surface area contributed by atoms with Crippen LogP contribution >= 0.6 is 0 Å². The molecule has 0 atom stereocenters. The first kappa shape index (κ1) is 8.78. The Labute approximate surface area is 88.5 Å². The average Bonchev–Trinajstić information content (AvgIpc) is 2.50. The van der Waals surface area contributed by atoms with E-state index in [1.807, 2.05) is 0 Å². The maximum atomic E-state index is 11.4. The van der Waals surface area contributed by atoms with E-state index in [9.17, 15) is 14.4 Å². The number of rotatable bonds is 0. The Morgan fingerprint density at radius 3 is 2.56 bits per heavy atom. The molecule has 1 aromatic rings. The Bertz CT molecular complexity index is 587. The van der Waals surface area contributed by atoms with Gasteiger partial charge in [0.1, 0.15) is 5.75 Å². The van der Waals surface area contributed by atoms with E-state index in [-0.39, 0.29) is 22.8 Å². The molecule has 0 radical (unpaired) electrons. The van der Waals surface area contributed by atoms with Gasteiger partial charge in [-0.15, -0.1) is 0 Å². The molecule has 6 nitrogen and oxygen atoms in total. The Balaban J connectivity index is 2.29. The first-order chi connectivity index (χ1) is 7.66. The monoisotopic (exact) mass is 217 g/mol. The van der Waals surface area contributed by atoms with Crippen molar-refractivity contribution in [2.75, 3.05) is 0 Å². The van der Waals surface area contributed by atoms with E-state index in [1.165, 1.54) is 18.2 Å². The number of benzene rings is 1. The van der Waals surface area contributed by atoms with Gasteiger partial charge in [-0.3, -0.25) is 4.79 Å². The van der Waals surface area contributed by atoms with Gasteiger partial charge in [0.15, 0.2) is 0 Å². The minimum atomic E-state index is -1.18. The molecule has 2 aliphatic rings. The molecule has 78 valence electrons. The standard InChI is InChI=1S/C10H3NO5/c12-7-4-2-1-3-5-6(4)8(11-7)16-10(14)9(13)15-5/h1-3H. The van der Waals surface area contributed by atoms with Crippen molar-refractivity contribution in [3.63, 3.8) is 0 Å². The van der Waals surface area contributed by atoms with E-state index < -0.39 is 17.8 Å². The average molecular weight is 217 g/mol. The van der Waals surface area contributed by atoms with E-state index >= 15 is 0 Å². The van der Waals surface area contributed by atoms with Crippen LogP contribution in [0.5, 0.6) is 5.75 Å². The zero-order valence-corrected chi connectivity index (χ0v) is 7.72. The summed E-state index contributed by atoms with van der Waals surface area (Å²) in [5.41, 5.74) is 0.515. The zero-order chi connectivity index (χ0) is 11.3. The Kier molecular flexibility index (Phi) is 1.51. The largest absolute Gasteiger partial charge is 0.424 e. The minimum absolute atomic E-state index is 0.109. The van der Waals surface area contributed by atoms with Crippen LogP contribution in [0.2, 0.25) is 0 Å². The lowest BCUT2D eigenvalue weighted by molar-refractivity contribution is -0.156. The number of carbonyl (C=O) groups excluding carboxylic acids is 3. The van der Waals surface area contributed by atoms with E-state index in [4.69, 9.17) is 4.74 Å². The van der Waals surface area contributed by atoms with Gasteiger partial charge in [0.05, 0.1) is 11.1 Å². The maximum absolute atomic E-state index is 11.4. The second kappa shape index (κ2) is 2.75. The minimum Gasteiger partial charge on any atom is -0.417 e. The normalized spacial score (nSPS) is 17.2. The van der Waals surface area contributed by atoms with Gasteiger partial charge in [-0.2, -0.15) is 4.99 Å². The van der Waals surface area contributed by atoms with Crippen LogP contribution in [0.15, 0.2) is 23.2 Å². The third-order valence-corrected chi connectivity index (χ3v) is 2.23. The molecule has 16 heavy (non-hydrogen) atoms. The summed E-state index contributed by atoms with van der Waals surface area (Å²) in [5, 5.41) is 0. The van der Waals surface area contributed by atoms with Gasteiger partial charge in [0.2, 0.25) is 5.90 Å². The highest BCUT2D eigenvalue weighted by Crippen LogP contribution is 2.30. The van der Waals surface area contributed by atoms with Crippen molar-refractivity contribution in [2.45, 2.75) is 0 Å². The molecule has 0 bridgehead atoms. The summed E-state index contributed by atoms with van der Waals surface area (Å²) < 4.78 is 9.40. The van der Waals surface area contributed by atoms with Crippen LogP contribution in [0.25, 0.3) is 0 Å². The molecular formula is C10H3NO5. The van der Waals surface area contributed by atoms with Gasteiger partial charge in [-0.25, -0.2) is 9.59 Å². The smallest absolute Gasteiger partial charge is 0.417 e. The number of amides is 1. The van der Waals surface area contributed by atoms with Crippen LogP contribution in [-0.4, -0.2) is 23.7 Å². The molecule has 6 heteroatoms. The highest BCUT2D eigenvalue weighted by atomic mass is 16.6. The van der Waals surface area contributed by atoms with E-state index in [2.05, 4.69) is 9.73 Å². The summed E-state index contributed by atoms with van der Waals surface area (Å²) in [6.07, 6.45) is 0. The van der Waals surface area contributed by atoms with Crippen molar-refractivity contribution in [2.24, 2.45) is 4.99 Å². The molecule has 0 unspecified atom stereocenters. The number of carbonyl (C=O) groups is 3. The van der Waals surface area contributed by atoms with Gasteiger partial charge in [0, 0.05) is 0 Å². The predicted octanol–water partition coefficient (Wildman–Crippen LogP) is 0.0492. The molecular weight excluding hydrogens is 214 g/mol. The van der Waals surface area contributed by atoms with Crippen LogP contribution in [0.1, 0.15) is 15.9 Å². The fourth-order valence-corrected chi connectivity index (χ4v) is 1.57. The first-order valence-corrected chi connectivity index (χ1v) is 4.37.